The van der Waals surface area contributed by atoms with Crippen LogP contribution in [0.2, 0.25) is 0 Å². The van der Waals surface area contributed by atoms with Crippen molar-refractivity contribution in [2.75, 3.05) is 47.5 Å². The van der Waals surface area contributed by atoms with E-state index >= 15 is 0 Å². The van der Waals surface area contributed by atoms with Crippen LogP contribution < -0.4 is 0 Å². The first-order valence-corrected chi connectivity index (χ1v) is 28.7. The summed E-state index contributed by atoms with van der Waals surface area (Å²) in [6, 6.07) is 0. The zero-order chi connectivity index (χ0) is 53.4. The molecule has 0 rings (SSSR count). The number of hydrogen-bond acceptors (Lipinski definition) is 7. The standard InChI is InChI=1S/C64H105NO8/c1-6-8-10-12-14-16-18-20-22-24-26-28-30-31-33-35-37-39-41-43-45-47-49-51-53-55-62(67)73-60(59-72-64(63(68)69)70-57-56-65(3,4)5)58-71-61(66)54-52-50-48-46-44-42-40-38-36-34-32-29-27-25-23-21-19-17-15-13-11-9-7-2/h8-11,14-17,20-23,26-29,31,33,37,39,60,64H,6-7,12-13,18-19,24-25,30,32,34-36,38,40-59H2,1-5H3/p+1/b10-8-,11-9-,16-14-,17-15-,22-20-,23-21-,28-26-,29-27-,33-31-,39-37-. The average Bonchev–Trinajstić information content (AvgIpc) is 3.36. The van der Waals surface area contributed by atoms with Crippen LogP contribution in [-0.4, -0.2) is 87.4 Å². The molecule has 0 aromatic rings. The minimum Gasteiger partial charge on any atom is -0.477 e. The van der Waals surface area contributed by atoms with Crippen molar-refractivity contribution >= 4 is 17.9 Å². The fourth-order valence-corrected chi connectivity index (χ4v) is 7.36. The Hall–Kier alpha value is -4.31. The molecule has 0 aromatic heterocycles. The van der Waals surface area contributed by atoms with Gasteiger partial charge in [-0.2, -0.15) is 0 Å². The number of carbonyl (C=O) groups excluding carboxylic acids is 2. The van der Waals surface area contributed by atoms with Crippen molar-refractivity contribution in [2.45, 2.75) is 219 Å². The van der Waals surface area contributed by atoms with Gasteiger partial charge in [-0.25, -0.2) is 4.79 Å². The third-order valence-electron chi connectivity index (χ3n) is 11.7. The zero-order valence-corrected chi connectivity index (χ0v) is 47.0. The minimum absolute atomic E-state index is 0.177. The van der Waals surface area contributed by atoms with Crippen molar-refractivity contribution in [3.05, 3.63) is 122 Å². The smallest absolute Gasteiger partial charge is 0.361 e. The predicted molar refractivity (Wildman–Crippen MR) is 308 cm³/mol. The summed E-state index contributed by atoms with van der Waals surface area (Å²) in [5.41, 5.74) is 0. The van der Waals surface area contributed by atoms with E-state index in [4.69, 9.17) is 18.9 Å². The van der Waals surface area contributed by atoms with Gasteiger partial charge in [0.25, 0.3) is 6.29 Å². The number of nitrogens with zero attached hydrogens (tertiary/aromatic N) is 1. The Labute approximate surface area is 447 Å². The first-order valence-electron chi connectivity index (χ1n) is 28.7. The van der Waals surface area contributed by atoms with Crippen molar-refractivity contribution in [1.82, 2.24) is 0 Å². The van der Waals surface area contributed by atoms with Crippen LogP contribution in [-0.2, 0) is 33.3 Å². The predicted octanol–water partition coefficient (Wildman–Crippen LogP) is 16.9. The van der Waals surface area contributed by atoms with E-state index < -0.39 is 24.3 Å². The van der Waals surface area contributed by atoms with Gasteiger partial charge in [-0.3, -0.25) is 9.59 Å². The summed E-state index contributed by atoms with van der Waals surface area (Å²) in [6.45, 7) is 4.61. The number of quaternary nitrogens is 1. The largest absolute Gasteiger partial charge is 0.477 e. The van der Waals surface area contributed by atoms with E-state index in [1.54, 1.807) is 0 Å². The maximum absolute atomic E-state index is 12.9. The van der Waals surface area contributed by atoms with Crippen molar-refractivity contribution in [2.24, 2.45) is 0 Å². The van der Waals surface area contributed by atoms with Gasteiger partial charge in [0.1, 0.15) is 13.2 Å². The molecule has 0 radical (unpaired) electrons. The van der Waals surface area contributed by atoms with Crippen LogP contribution in [0.15, 0.2) is 122 Å². The molecule has 0 saturated carbocycles. The summed E-state index contributed by atoms with van der Waals surface area (Å²) in [7, 11) is 5.95. The molecule has 73 heavy (non-hydrogen) atoms. The second-order valence-electron chi connectivity index (χ2n) is 19.8. The van der Waals surface area contributed by atoms with E-state index in [1.807, 2.05) is 21.1 Å². The van der Waals surface area contributed by atoms with Crippen molar-refractivity contribution in [1.29, 1.82) is 0 Å². The van der Waals surface area contributed by atoms with Crippen LogP contribution in [0.25, 0.3) is 0 Å². The van der Waals surface area contributed by atoms with Gasteiger partial charge >= 0.3 is 17.9 Å². The first kappa shape index (κ1) is 68.7. The number of esters is 2. The lowest BCUT2D eigenvalue weighted by Gasteiger charge is -2.25. The fourth-order valence-electron chi connectivity index (χ4n) is 7.36. The number of hydrogen-bond donors (Lipinski definition) is 1. The van der Waals surface area contributed by atoms with E-state index in [0.29, 0.717) is 17.4 Å². The summed E-state index contributed by atoms with van der Waals surface area (Å²) in [4.78, 5) is 37.4. The van der Waals surface area contributed by atoms with Gasteiger partial charge in [-0.15, -0.1) is 0 Å². The molecule has 0 bridgehead atoms. The topological polar surface area (TPSA) is 108 Å². The van der Waals surface area contributed by atoms with Gasteiger partial charge in [0.15, 0.2) is 6.10 Å². The molecule has 1 N–H and O–H groups in total. The quantitative estimate of drug-likeness (QED) is 0.0211. The number of carbonyl (C=O) groups is 3. The van der Waals surface area contributed by atoms with E-state index in [1.165, 1.54) is 44.9 Å². The second kappa shape index (κ2) is 54.0. The van der Waals surface area contributed by atoms with Crippen molar-refractivity contribution in [3.8, 4) is 0 Å². The Bertz CT molecular complexity index is 1610. The molecule has 0 aromatic carbocycles. The number of carboxylic acids is 1. The Morgan fingerprint density at radius 2 is 0.740 bits per heavy atom. The molecule has 0 amide bonds. The van der Waals surface area contributed by atoms with Gasteiger partial charge in [-0.1, -0.05) is 212 Å². The summed E-state index contributed by atoms with van der Waals surface area (Å²) < 4.78 is 22.9. The van der Waals surface area contributed by atoms with Crippen LogP contribution in [0, 0.1) is 0 Å². The molecule has 0 heterocycles. The lowest BCUT2D eigenvalue weighted by atomic mass is 10.1. The maximum atomic E-state index is 12.9. The van der Waals surface area contributed by atoms with Crippen LogP contribution in [0.4, 0.5) is 0 Å². The highest BCUT2D eigenvalue weighted by atomic mass is 16.7. The number of likely N-dealkylation sites (N-methyl/N-ethyl adjacent to an activating group) is 1. The molecular weight excluding hydrogens is 911 g/mol. The molecule has 414 valence electrons. The number of ether oxygens (including phenoxy) is 4. The highest BCUT2D eigenvalue weighted by Crippen LogP contribution is 2.14. The fraction of sp³-hybridized carbons (Fsp3) is 0.641. The van der Waals surface area contributed by atoms with Crippen LogP contribution >= 0.6 is 0 Å². The second-order valence-corrected chi connectivity index (χ2v) is 19.8. The summed E-state index contributed by atoms with van der Waals surface area (Å²) in [5, 5.41) is 9.71. The van der Waals surface area contributed by atoms with Crippen LogP contribution in [0.5, 0.6) is 0 Å². The summed E-state index contributed by atoms with van der Waals surface area (Å²) in [5.74, 6) is -2.04. The van der Waals surface area contributed by atoms with Crippen molar-refractivity contribution in [3.63, 3.8) is 0 Å². The van der Waals surface area contributed by atoms with E-state index in [2.05, 4.69) is 135 Å². The molecule has 0 aliphatic carbocycles. The van der Waals surface area contributed by atoms with E-state index in [0.717, 1.165) is 128 Å². The Morgan fingerprint density at radius 1 is 0.411 bits per heavy atom. The lowest BCUT2D eigenvalue weighted by molar-refractivity contribution is -0.870. The molecule has 9 heteroatoms. The summed E-state index contributed by atoms with van der Waals surface area (Å²) in [6.07, 6.45) is 72.6. The summed E-state index contributed by atoms with van der Waals surface area (Å²) >= 11 is 0. The average molecular weight is 1020 g/mol. The van der Waals surface area contributed by atoms with Gasteiger partial charge < -0.3 is 28.5 Å². The normalized spacial score (nSPS) is 13.7. The van der Waals surface area contributed by atoms with Crippen LogP contribution in [0.3, 0.4) is 0 Å². The van der Waals surface area contributed by atoms with Gasteiger partial charge in [0, 0.05) is 12.8 Å². The maximum Gasteiger partial charge on any atom is 0.361 e. The number of rotatable bonds is 51. The number of carboxylic acid groups (broad SMARTS) is 1. The van der Waals surface area contributed by atoms with E-state index in [-0.39, 0.29) is 38.6 Å². The highest BCUT2D eigenvalue weighted by molar-refractivity contribution is 5.71. The zero-order valence-electron chi connectivity index (χ0n) is 47.0. The Balaban J connectivity index is 4.34. The highest BCUT2D eigenvalue weighted by Gasteiger charge is 2.25. The molecule has 0 spiro atoms. The molecule has 9 nitrogen and oxygen atoms in total. The molecule has 0 fully saturated rings. The number of aliphatic carboxylic acids is 1. The molecule has 0 aliphatic rings. The van der Waals surface area contributed by atoms with Gasteiger partial charge in [-0.05, 0) is 103 Å². The Morgan fingerprint density at radius 3 is 1.10 bits per heavy atom. The third kappa shape index (κ3) is 55.3. The van der Waals surface area contributed by atoms with Crippen molar-refractivity contribution < 1.29 is 42.9 Å². The van der Waals surface area contributed by atoms with Crippen LogP contribution in [0.1, 0.15) is 206 Å². The monoisotopic (exact) mass is 1020 g/mol. The van der Waals surface area contributed by atoms with E-state index in [9.17, 15) is 19.5 Å². The molecule has 2 unspecified atom stereocenters. The molecule has 2 atom stereocenters. The van der Waals surface area contributed by atoms with Gasteiger partial charge in [0.2, 0.25) is 0 Å². The number of unbranched alkanes of at least 4 members (excludes halogenated alkanes) is 16. The molecule has 0 aliphatic heterocycles. The SMILES string of the molecule is CC/C=C\C/C=C\C/C=C\C/C=C\C/C=C\C/C=C\CCCCCCCCC(=O)OC(COC(=O)CCCCCCCCCCCC/C=C\C/C=C\C/C=C\C/C=C\CC)COC(OCC[N+](C)(C)C)C(=O)O. The minimum atomic E-state index is -1.52. The first-order chi connectivity index (χ1) is 35.6. The number of allylic oxidation sites excluding steroid dienone is 20. The molecule has 0 saturated heterocycles. The van der Waals surface area contributed by atoms with Gasteiger partial charge in [0.05, 0.1) is 34.4 Å². The molecular formula is C64H106NO8+. The third-order valence-corrected chi connectivity index (χ3v) is 11.7. The lowest BCUT2D eigenvalue weighted by Crippen LogP contribution is -2.40. The Kier molecular flexibility index (Phi) is 50.8.